The van der Waals surface area contributed by atoms with E-state index in [0.717, 1.165) is 25.8 Å². The van der Waals surface area contributed by atoms with Crippen molar-refractivity contribution in [3.05, 3.63) is 0 Å². The minimum atomic E-state index is 0.0811. The zero-order valence-corrected chi connectivity index (χ0v) is 8.59. The molecule has 2 aliphatic rings. The zero-order valence-electron chi connectivity index (χ0n) is 8.59. The molecule has 1 atom stereocenters. The third kappa shape index (κ3) is 1.65. The molecule has 2 N–H and O–H groups in total. The SMILES string of the molecule is O=C1CC(C2(CO)CCCC2)CCN1. The van der Waals surface area contributed by atoms with Crippen LogP contribution in [0.5, 0.6) is 0 Å². The van der Waals surface area contributed by atoms with Crippen LogP contribution in [0.15, 0.2) is 0 Å². The Labute approximate surface area is 84.9 Å². The Morgan fingerprint density at radius 1 is 1.43 bits per heavy atom. The van der Waals surface area contributed by atoms with Gasteiger partial charge in [0.05, 0.1) is 0 Å². The number of rotatable bonds is 2. The normalized spacial score (nSPS) is 31.5. The molecule has 0 aromatic carbocycles. The first-order chi connectivity index (χ1) is 6.77. The summed E-state index contributed by atoms with van der Waals surface area (Å²) in [7, 11) is 0. The van der Waals surface area contributed by atoms with Gasteiger partial charge in [0.15, 0.2) is 0 Å². The highest BCUT2D eigenvalue weighted by Gasteiger charge is 2.42. The topological polar surface area (TPSA) is 49.3 Å². The Kier molecular flexibility index (Phi) is 2.77. The van der Waals surface area contributed by atoms with E-state index in [4.69, 9.17) is 0 Å². The Bertz CT molecular complexity index is 221. The van der Waals surface area contributed by atoms with Crippen LogP contribution in [-0.4, -0.2) is 24.2 Å². The fraction of sp³-hybridized carbons (Fsp3) is 0.909. The van der Waals surface area contributed by atoms with Gasteiger partial charge in [-0.15, -0.1) is 0 Å². The fourth-order valence-corrected chi connectivity index (χ4v) is 3.08. The summed E-state index contributed by atoms with van der Waals surface area (Å²) in [4.78, 5) is 11.3. The van der Waals surface area contributed by atoms with Crippen LogP contribution in [0.1, 0.15) is 38.5 Å². The van der Waals surface area contributed by atoms with Gasteiger partial charge >= 0.3 is 0 Å². The molecule has 14 heavy (non-hydrogen) atoms. The smallest absolute Gasteiger partial charge is 0.220 e. The average Bonchev–Trinajstić information content (AvgIpc) is 2.67. The van der Waals surface area contributed by atoms with Crippen molar-refractivity contribution in [2.75, 3.05) is 13.2 Å². The molecule has 3 nitrogen and oxygen atoms in total. The molecule has 1 saturated heterocycles. The van der Waals surface area contributed by atoms with Gasteiger partial charge in [-0.25, -0.2) is 0 Å². The maximum atomic E-state index is 11.3. The third-order valence-corrected chi connectivity index (χ3v) is 4.03. The van der Waals surface area contributed by atoms with Crippen LogP contribution in [0.3, 0.4) is 0 Å². The van der Waals surface area contributed by atoms with E-state index in [1.807, 2.05) is 0 Å². The molecule has 1 heterocycles. The lowest BCUT2D eigenvalue weighted by Crippen LogP contribution is -2.42. The summed E-state index contributed by atoms with van der Waals surface area (Å²) in [5.74, 6) is 0.588. The van der Waals surface area contributed by atoms with Gasteiger partial charge in [0.1, 0.15) is 0 Å². The number of hydrogen-bond acceptors (Lipinski definition) is 2. The van der Waals surface area contributed by atoms with Gasteiger partial charge in [-0.1, -0.05) is 12.8 Å². The molecule has 1 amide bonds. The van der Waals surface area contributed by atoms with Crippen LogP contribution in [0, 0.1) is 11.3 Å². The van der Waals surface area contributed by atoms with Crippen molar-refractivity contribution in [3.8, 4) is 0 Å². The van der Waals surface area contributed by atoms with E-state index >= 15 is 0 Å². The molecule has 0 spiro atoms. The zero-order chi connectivity index (χ0) is 10.0. The quantitative estimate of drug-likeness (QED) is 0.695. The predicted molar refractivity (Wildman–Crippen MR) is 53.7 cm³/mol. The summed E-state index contributed by atoms with van der Waals surface area (Å²) < 4.78 is 0. The van der Waals surface area contributed by atoms with Crippen molar-refractivity contribution in [2.24, 2.45) is 11.3 Å². The summed E-state index contributed by atoms with van der Waals surface area (Å²) in [6.07, 6.45) is 6.34. The molecule has 80 valence electrons. The number of carbonyl (C=O) groups excluding carboxylic acids is 1. The Balaban J connectivity index is 2.06. The molecule has 2 rings (SSSR count). The molecule has 3 heteroatoms. The third-order valence-electron chi connectivity index (χ3n) is 4.03. The van der Waals surface area contributed by atoms with E-state index < -0.39 is 0 Å². The van der Waals surface area contributed by atoms with Gasteiger partial charge in [0.25, 0.3) is 0 Å². The van der Waals surface area contributed by atoms with Gasteiger partial charge in [-0.2, -0.15) is 0 Å². The molecule has 2 fully saturated rings. The standard InChI is InChI=1S/C11H19NO2/c13-8-11(4-1-2-5-11)9-3-6-12-10(14)7-9/h9,13H,1-8H2,(H,12,14). The maximum Gasteiger partial charge on any atom is 0.220 e. The molecular weight excluding hydrogens is 178 g/mol. The second-order valence-electron chi connectivity index (χ2n) is 4.77. The number of piperidine rings is 1. The first-order valence-electron chi connectivity index (χ1n) is 5.64. The Morgan fingerprint density at radius 3 is 2.71 bits per heavy atom. The minimum Gasteiger partial charge on any atom is -0.396 e. The molecule has 1 unspecified atom stereocenters. The lowest BCUT2D eigenvalue weighted by molar-refractivity contribution is -0.125. The predicted octanol–water partition coefficient (Wildman–Crippen LogP) is 1.07. The van der Waals surface area contributed by atoms with E-state index in [1.54, 1.807) is 0 Å². The lowest BCUT2D eigenvalue weighted by Gasteiger charge is -2.38. The molecule has 0 bridgehead atoms. The number of aliphatic hydroxyl groups excluding tert-OH is 1. The van der Waals surface area contributed by atoms with Gasteiger partial charge in [0, 0.05) is 19.6 Å². The first-order valence-corrected chi connectivity index (χ1v) is 5.64. The molecular formula is C11H19NO2. The van der Waals surface area contributed by atoms with E-state index in [-0.39, 0.29) is 17.9 Å². The molecule has 0 radical (unpaired) electrons. The molecule has 1 aliphatic heterocycles. The van der Waals surface area contributed by atoms with Gasteiger partial charge in [-0.05, 0) is 30.6 Å². The van der Waals surface area contributed by atoms with E-state index in [0.29, 0.717) is 12.3 Å². The fourth-order valence-electron chi connectivity index (χ4n) is 3.08. The number of aliphatic hydroxyl groups is 1. The van der Waals surface area contributed by atoms with Gasteiger partial charge in [0.2, 0.25) is 5.91 Å². The van der Waals surface area contributed by atoms with E-state index in [1.165, 1.54) is 12.8 Å². The van der Waals surface area contributed by atoms with Crippen LogP contribution >= 0.6 is 0 Å². The largest absolute Gasteiger partial charge is 0.396 e. The summed E-state index contributed by atoms with van der Waals surface area (Å²) in [6, 6.07) is 0. The van der Waals surface area contributed by atoms with Crippen molar-refractivity contribution < 1.29 is 9.90 Å². The molecule has 0 aromatic heterocycles. The number of nitrogens with one attached hydrogen (secondary N) is 1. The molecule has 0 aromatic rings. The second kappa shape index (κ2) is 3.89. The highest BCUT2D eigenvalue weighted by atomic mass is 16.3. The van der Waals surface area contributed by atoms with Crippen molar-refractivity contribution in [2.45, 2.75) is 38.5 Å². The highest BCUT2D eigenvalue weighted by molar-refractivity contribution is 5.77. The monoisotopic (exact) mass is 197 g/mol. The molecule has 1 saturated carbocycles. The summed E-state index contributed by atoms with van der Waals surface area (Å²) >= 11 is 0. The van der Waals surface area contributed by atoms with Crippen LogP contribution < -0.4 is 5.32 Å². The van der Waals surface area contributed by atoms with Crippen LogP contribution in [0.25, 0.3) is 0 Å². The number of amides is 1. The van der Waals surface area contributed by atoms with Crippen molar-refractivity contribution in [1.82, 2.24) is 5.32 Å². The maximum absolute atomic E-state index is 11.3. The van der Waals surface area contributed by atoms with Crippen molar-refractivity contribution in [1.29, 1.82) is 0 Å². The minimum absolute atomic E-state index is 0.0811. The van der Waals surface area contributed by atoms with Crippen molar-refractivity contribution in [3.63, 3.8) is 0 Å². The van der Waals surface area contributed by atoms with Crippen LogP contribution in [0.4, 0.5) is 0 Å². The average molecular weight is 197 g/mol. The summed E-state index contributed by atoms with van der Waals surface area (Å²) in [5, 5.41) is 12.4. The summed E-state index contributed by atoms with van der Waals surface area (Å²) in [6.45, 7) is 1.07. The Hall–Kier alpha value is -0.570. The number of carbonyl (C=O) groups is 1. The number of hydrogen-bond donors (Lipinski definition) is 2. The van der Waals surface area contributed by atoms with Crippen LogP contribution in [0.2, 0.25) is 0 Å². The summed E-state index contributed by atoms with van der Waals surface area (Å²) in [5.41, 5.74) is 0.0811. The van der Waals surface area contributed by atoms with E-state index in [9.17, 15) is 9.90 Å². The first kappa shape index (κ1) is 9.97. The Morgan fingerprint density at radius 2 is 2.14 bits per heavy atom. The van der Waals surface area contributed by atoms with Crippen LogP contribution in [-0.2, 0) is 4.79 Å². The van der Waals surface area contributed by atoms with Gasteiger partial charge in [-0.3, -0.25) is 4.79 Å². The second-order valence-corrected chi connectivity index (χ2v) is 4.77. The highest BCUT2D eigenvalue weighted by Crippen LogP contribution is 2.47. The van der Waals surface area contributed by atoms with Crippen molar-refractivity contribution >= 4 is 5.91 Å². The van der Waals surface area contributed by atoms with Gasteiger partial charge < -0.3 is 10.4 Å². The van der Waals surface area contributed by atoms with E-state index in [2.05, 4.69) is 5.32 Å². The lowest BCUT2D eigenvalue weighted by atomic mass is 9.70. The molecule has 1 aliphatic carbocycles.